The number of amides is 1. The average Bonchev–Trinajstić information content (AvgIpc) is 2.55. The molecule has 0 bridgehead atoms. The van der Waals surface area contributed by atoms with Crippen molar-refractivity contribution in [2.45, 2.75) is 97.4 Å². The van der Waals surface area contributed by atoms with Crippen molar-refractivity contribution < 1.29 is 19.1 Å². The molecule has 0 rings (SSSR count). The first-order chi connectivity index (χ1) is 13.3. The molecule has 0 saturated heterocycles. The summed E-state index contributed by atoms with van der Waals surface area (Å²) in [6.45, 7) is 15.6. The van der Waals surface area contributed by atoms with E-state index < -0.39 is 17.2 Å². The molecule has 0 aliphatic carbocycles. The van der Waals surface area contributed by atoms with Gasteiger partial charge in [-0.25, -0.2) is 4.79 Å². The van der Waals surface area contributed by atoms with Crippen molar-refractivity contribution in [1.82, 2.24) is 10.2 Å². The zero-order valence-electron chi connectivity index (χ0n) is 19.5. The highest BCUT2D eigenvalue weighted by molar-refractivity contribution is 5.75. The van der Waals surface area contributed by atoms with Crippen LogP contribution in [-0.2, 0) is 14.3 Å². The van der Waals surface area contributed by atoms with Gasteiger partial charge in [-0.1, -0.05) is 0 Å². The normalized spacial score (nSPS) is 14.2. The van der Waals surface area contributed by atoms with Crippen molar-refractivity contribution in [1.29, 1.82) is 0 Å². The van der Waals surface area contributed by atoms with Crippen LogP contribution in [0.4, 0.5) is 4.79 Å². The average molecular weight is 417 g/mol. The minimum absolute atomic E-state index is 0.0639. The molecule has 0 fully saturated rings. The summed E-state index contributed by atoms with van der Waals surface area (Å²) < 4.78 is 10.8. The lowest BCUT2D eigenvalue weighted by atomic mass is 10.1. The van der Waals surface area contributed by atoms with E-state index in [1.807, 2.05) is 48.5 Å². The smallest absolute Gasteiger partial charge is 0.410 e. The Hall–Kier alpha value is -1.38. The van der Waals surface area contributed by atoms with E-state index in [1.54, 1.807) is 4.90 Å². The summed E-state index contributed by atoms with van der Waals surface area (Å²) in [4.78, 5) is 26.2. The third-order valence-corrected chi connectivity index (χ3v) is 4.08. The van der Waals surface area contributed by atoms with E-state index in [0.717, 1.165) is 19.3 Å². The molecule has 1 amide bonds. The molecule has 0 spiro atoms. The van der Waals surface area contributed by atoms with E-state index in [1.165, 1.54) is 0 Å². The number of hydrogen-bond acceptors (Lipinski definition) is 7. The van der Waals surface area contributed by atoms with E-state index in [0.29, 0.717) is 32.6 Å². The molecule has 0 aromatic rings. The number of ether oxygens (including phenoxy) is 2. The van der Waals surface area contributed by atoms with E-state index in [9.17, 15) is 9.59 Å². The predicted molar refractivity (Wildman–Crippen MR) is 117 cm³/mol. The molecule has 8 heteroatoms. The largest absolute Gasteiger partial charge is 0.459 e. The second-order valence-corrected chi connectivity index (χ2v) is 9.49. The topological polar surface area (TPSA) is 120 Å². The summed E-state index contributed by atoms with van der Waals surface area (Å²) in [5.74, 6) is -0.385. The van der Waals surface area contributed by atoms with Crippen LogP contribution < -0.4 is 16.8 Å². The van der Waals surface area contributed by atoms with Crippen LogP contribution in [0.3, 0.4) is 0 Å². The highest BCUT2D eigenvalue weighted by Gasteiger charge is 2.25. The van der Waals surface area contributed by atoms with E-state index >= 15 is 0 Å². The van der Waals surface area contributed by atoms with Gasteiger partial charge in [0.2, 0.25) is 0 Å². The summed E-state index contributed by atoms with van der Waals surface area (Å²) in [5.41, 5.74) is 10.4. The summed E-state index contributed by atoms with van der Waals surface area (Å²) >= 11 is 0. The molecule has 0 saturated carbocycles. The van der Waals surface area contributed by atoms with Crippen LogP contribution in [0, 0.1) is 0 Å². The monoisotopic (exact) mass is 416 g/mol. The first kappa shape index (κ1) is 27.6. The van der Waals surface area contributed by atoms with Gasteiger partial charge in [-0.15, -0.1) is 0 Å². The summed E-state index contributed by atoms with van der Waals surface area (Å²) in [6.07, 6.45) is 2.68. The van der Waals surface area contributed by atoms with Gasteiger partial charge in [0.1, 0.15) is 17.2 Å². The van der Waals surface area contributed by atoms with Crippen LogP contribution >= 0.6 is 0 Å². The maximum absolute atomic E-state index is 12.5. The highest BCUT2D eigenvalue weighted by Crippen LogP contribution is 2.15. The third-order valence-electron chi connectivity index (χ3n) is 4.08. The second-order valence-electron chi connectivity index (χ2n) is 9.49. The molecule has 8 nitrogen and oxygen atoms in total. The van der Waals surface area contributed by atoms with Crippen molar-refractivity contribution in [2.24, 2.45) is 11.5 Å². The lowest BCUT2D eigenvalue weighted by Gasteiger charge is -2.32. The number of rotatable bonds is 12. The predicted octanol–water partition coefficient (Wildman–Crippen LogP) is 2.39. The van der Waals surface area contributed by atoms with E-state index in [4.69, 9.17) is 20.9 Å². The Kier molecular flexibility index (Phi) is 12.4. The molecule has 2 atom stereocenters. The molecular weight excluding hydrogens is 372 g/mol. The SMILES string of the molecule is CC(CCCN)N(CCCNCCC(N)C(=O)OC(C)(C)C)C(=O)OC(C)(C)C. The molecule has 5 N–H and O–H groups in total. The molecule has 0 aromatic carbocycles. The number of esters is 1. The number of nitrogens with two attached hydrogens (primary N) is 2. The van der Waals surface area contributed by atoms with Gasteiger partial charge < -0.3 is 31.2 Å². The van der Waals surface area contributed by atoms with Gasteiger partial charge in [0, 0.05) is 12.6 Å². The minimum atomic E-state index is -0.642. The minimum Gasteiger partial charge on any atom is -0.459 e. The van der Waals surface area contributed by atoms with Crippen LogP contribution in [0.2, 0.25) is 0 Å². The quantitative estimate of drug-likeness (QED) is 0.330. The first-order valence-electron chi connectivity index (χ1n) is 10.7. The van der Waals surface area contributed by atoms with Crippen molar-refractivity contribution in [3.63, 3.8) is 0 Å². The third kappa shape index (κ3) is 14.3. The zero-order chi connectivity index (χ0) is 22.7. The zero-order valence-corrected chi connectivity index (χ0v) is 19.5. The van der Waals surface area contributed by atoms with E-state index in [-0.39, 0.29) is 18.1 Å². The maximum Gasteiger partial charge on any atom is 0.410 e. The van der Waals surface area contributed by atoms with Gasteiger partial charge in [0.05, 0.1) is 0 Å². The van der Waals surface area contributed by atoms with Gasteiger partial charge in [0.15, 0.2) is 0 Å². The van der Waals surface area contributed by atoms with Crippen LogP contribution in [0.25, 0.3) is 0 Å². The molecule has 0 heterocycles. The highest BCUT2D eigenvalue weighted by atomic mass is 16.6. The van der Waals surface area contributed by atoms with Crippen molar-refractivity contribution >= 4 is 12.1 Å². The maximum atomic E-state index is 12.5. The first-order valence-corrected chi connectivity index (χ1v) is 10.7. The van der Waals surface area contributed by atoms with Gasteiger partial charge in [-0.3, -0.25) is 4.79 Å². The Bertz CT molecular complexity index is 486. The van der Waals surface area contributed by atoms with Crippen molar-refractivity contribution in [3.05, 3.63) is 0 Å². The Morgan fingerprint density at radius 1 is 0.966 bits per heavy atom. The fourth-order valence-electron chi connectivity index (χ4n) is 2.63. The molecular formula is C21H44N4O4. The van der Waals surface area contributed by atoms with Crippen LogP contribution in [0.15, 0.2) is 0 Å². The van der Waals surface area contributed by atoms with Gasteiger partial charge in [0.25, 0.3) is 0 Å². The van der Waals surface area contributed by atoms with Crippen LogP contribution in [-0.4, -0.2) is 66.4 Å². The number of carbonyl (C=O) groups excluding carboxylic acids is 2. The molecule has 2 unspecified atom stereocenters. The lowest BCUT2D eigenvalue weighted by Crippen LogP contribution is -2.43. The Balaban J connectivity index is 4.36. The van der Waals surface area contributed by atoms with Crippen LogP contribution in [0.1, 0.15) is 74.1 Å². The molecule has 172 valence electrons. The van der Waals surface area contributed by atoms with Gasteiger partial charge in [-0.05, 0) is 93.8 Å². The summed E-state index contributed by atoms with van der Waals surface area (Å²) in [6, 6.07) is -0.578. The Labute approximate surface area is 177 Å². The number of hydrogen-bond donors (Lipinski definition) is 3. The molecule has 0 aliphatic heterocycles. The van der Waals surface area contributed by atoms with Gasteiger partial charge in [-0.2, -0.15) is 0 Å². The summed E-state index contributed by atoms with van der Waals surface area (Å²) in [5, 5.41) is 3.27. The molecule has 0 aromatic heterocycles. The Morgan fingerprint density at radius 3 is 2.07 bits per heavy atom. The summed E-state index contributed by atoms with van der Waals surface area (Å²) in [7, 11) is 0. The number of nitrogens with zero attached hydrogens (tertiary/aromatic N) is 1. The number of carbonyl (C=O) groups is 2. The standard InChI is InChI=1S/C21H44N4O4/c1-16(10-8-12-22)25(19(27)29-21(5,6)7)15-9-13-24-14-11-17(23)18(26)28-20(2,3)4/h16-17,24H,8-15,22-23H2,1-7H3. The Morgan fingerprint density at radius 2 is 1.55 bits per heavy atom. The van der Waals surface area contributed by atoms with Crippen LogP contribution in [0.5, 0.6) is 0 Å². The van der Waals surface area contributed by atoms with E-state index in [2.05, 4.69) is 5.32 Å². The molecule has 29 heavy (non-hydrogen) atoms. The molecule has 0 radical (unpaired) electrons. The van der Waals surface area contributed by atoms with Crippen molar-refractivity contribution in [3.8, 4) is 0 Å². The number of nitrogens with one attached hydrogen (secondary N) is 1. The fourth-order valence-corrected chi connectivity index (χ4v) is 2.63. The second kappa shape index (κ2) is 13.0. The fraction of sp³-hybridized carbons (Fsp3) is 0.905. The lowest BCUT2D eigenvalue weighted by molar-refractivity contribution is -0.156. The van der Waals surface area contributed by atoms with Crippen molar-refractivity contribution in [2.75, 3.05) is 26.2 Å². The van der Waals surface area contributed by atoms with Gasteiger partial charge >= 0.3 is 12.1 Å². The molecule has 0 aliphatic rings.